The molecule has 104 valence electrons. The van der Waals surface area contributed by atoms with Gasteiger partial charge in [0.1, 0.15) is 0 Å². The average molecular weight is 268 g/mol. The van der Waals surface area contributed by atoms with E-state index in [2.05, 4.69) is 5.32 Å². The third-order valence-electron chi connectivity index (χ3n) is 3.57. The molecule has 0 aliphatic rings. The topological polar surface area (TPSA) is 55.1 Å². The fourth-order valence-corrected chi connectivity index (χ4v) is 2.33. The van der Waals surface area contributed by atoms with Gasteiger partial charge in [-0.15, -0.1) is 0 Å². The van der Waals surface area contributed by atoms with Crippen molar-refractivity contribution in [2.24, 2.45) is 0 Å². The lowest BCUT2D eigenvalue weighted by Crippen LogP contribution is -2.16. The molecular formula is C17H20N2O. The van der Waals surface area contributed by atoms with Crippen LogP contribution in [0.5, 0.6) is 0 Å². The molecule has 2 rings (SSSR count). The van der Waals surface area contributed by atoms with Gasteiger partial charge in [-0.25, -0.2) is 0 Å². The van der Waals surface area contributed by atoms with Crippen molar-refractivity contribution >= 4 is 17.3 Å². The number of nitrogens with two attached hydrogens (primary N) is 1. The summed E-state index contributed by atoms with van der Waals surface area (Å²) in [5.41, 5.74) is 12.0. The molecule has 0 radical (unpaired) electrons. The molecule has 1 amide bonds. The van der Waals surface area contributed by atoms with Crippen molar-refractivity contribution in [3.63, 3.8) is 0 Å². The van der Waals surface area contributed by atoms with Gasteiger partial charge >= 0.3 is 0 Å². The Hall–Kier alpha value is -2.29. The number of anilines is 2. The zero-order valence-corrected chi connectivity index (χ0v) is 12.4. The summed E-state index contributed by atoms with van der Waals surface area (Å²) in [6.07, 6.45) is 0. The van der Waals surface area contributed by atoms with Gasteiger partial charge in [-0.2, -0.15) is 0 Å². The molecule has 0 fully saturated rings. The van der Waals surface area contributed by atoms with Crippen molar-refractivity contribution in [1.82, 2.24) is 0 Å². The van der Waals surface area contributed by atoms with Crippen LogP contribution in [-0.4, -0.2) is 5.91 Å². The summed E-state index contributed by atoms with van der Waals surface area (Å²) in [5, 5.41) is 2.98. The van der Waals surface area contributed by atoms with Crippen LogP contribution in [0.1, 0.15) is 32.6 Å². The van der Waals surface area contributed by atoms with E-state index >= 15 is 0 Å². The minimum Gasteiger partial charge on any atom is -0.399 e. The van der Waals surface area contributed by atoms with Crippen LogP contribution in [0.4, 0.5) is 11.4 Å². The number of aryl methyl sites for hydroxylation is 4. The average Bonchev–Trinajstić information content (AvgIpc) is 2.35. The molecule has 0 atom stereocenters. The van der Waals surface area contributed by atoms with Crippen LogP contribution >= 0.6 is 0 Å². The first kappa shape index (κ1) is 14.1. The minimum atomic E-state index is -0.0760. The second-order valence-electron chi connectivity index (χ2n) is 5.24. The molecule has 0 saturated heterocycles. The highest BCUT2D eigenvalue weighted by atomic mass is 16.1. The first-order valence-corrected chi connectivity index (χ1v) is 6.64. The van der Waals surface area contributed by atoms with Gasteiger partial charge in [0.15, 0.2) is 0 Å². The van der Waals surface area contributed by atoms with E-state index in [0.29, 0.717) is 0 Å². The third-order valence-corrected chi connectivity index (χ3v) is 3.57. The first-order chi connectivity index (χ1) is 9.40. The zero-order valence-electron chi connectivity index (χ0n) is 12.4. The van der Waals surface area contributed by atoms with Gasteiger partial charge in [0, 0.05) is 16.9 Å². The van der Waals surface area contributed by atoms with Crippen LogP contribution in [0.3, 0.4) is 0 Å². The highest BCUT2D eigenvalue weighted by molar-refractivity contribution is 6.06. The van der Waals surface area contributed by atoms with Gasteiger partial charge in [0.25, 0.3) is 5.91 Å². The van der Waals surface area contributed by atoms with E-state index in [1.54, 1.807) is 0 Å². The minimum absolute atomic E-state index is 0.0760. The maximum absolute atomic E-state index is 12.5. The standard InChI is InChI=1S/C17H20N2O/c1-10-6-5-7-11(2)16(10)17(20)19-15-9-12(3)14(18)8-13(15)4/h5-9H,18H2,1-4H3,(H,19,20). The molecule has 3 heteroatoms. The Bertz CT molecular complexity index is 655. The molecule has 20 heavy (non-hydrogen) atoms. The van der Waals surface area contributed by atoms with Crippen molar-refractivity contribution in [3.05, 3.63) is 58.1 Å². The number of amides is 1. The molecule has 0 saturated carbocycles. The van der Waals surface area contributed by atoms with Crippen LogP contribution < -0.4 is 11.1 Å². The molecule has 3 nitrogen and oxygen atoms in total. The Morgan fingerprint density at radius 2 is 1.55 bits per heavy atom. The van der Waals surface area contributed by atoms with Gasteiger partial charge in [-0.1, -0.05) is 18.2 Å². The fourth-order valence-electron chi connectivity index (χ4n) is 2.33. The van der Waals surface area contributed by atoms with E-state index in [1.165, 1.54) is 0 Å². The molecular weight excluding hydrogens is 248 g/mol. The van der Waals surface area contributed by atoms with Crippen molar-refractivity contribution < 1.29 is 4.79 Å². The van der Waals surface area contributed by atoms with E-state index in [9.17, 15) is 4.79 Å². The number of benzene rings is 2. The molecule has 0 unspecified atom stereocenters. The second-order valence-corrected chi connectivity index (χ2v) is 5.24. The Morgan fingerprint density at radius 1 is 0.950 bits per heavy atom. The number of hydrogen-bond donors (Lipinski definition) is 2. The van der Waals surface area contributed by atoms with Gasteiger partial charge in [0.2, 0.25) is 0 Å². The number of hydrogen-bond acceptors (Lipinski definition) is 2. The molecule has 3 N–H and O–H groups in total. The summed E-state index contributed by atoms with van der Waals surface area (Å²) in [7, 11) is 0. The van der Waals surface area contributed by atoms with Crippen molar-refractivity contribution in [2.75, 3.05) is 11.1 Å². The fraction of sp³-hybridized carbons (Fsp3) is 0.235. The summed E-state index contributed by atoms with van der Waals surface area (Å²) in [5.74, 6) is -0.0760. The summed E-state index contributed by atoms with van der Waals surface area (Å²) in [4.78, 5) is 12.5. The smallest absolute Gasteiger partial charge is 0.256 e. The summed E-state index contributed by atoms with van der Waals surface area (Å²) < 4.78 is 0. The van der Waals surface area contributed by atoms with Crippen LogP contribution in [0.25, 0.3) is 0 Å². The van der Waals surface area contributed by atoms with Crippen molar-refractivity contribution in [2.45, 2.75) is 27.7 Å². The molecule has 0 heterocycles. The van der Waals surface area contributed by atoms with E-state index in [4.69, 9.17) is 5.73 Å². The van der Waals surface area contributed by atoms with Crippen molar-refractivity contribution in [1.29, 1.82) is 0 Å². The molecule has 2 aromatic rings. The van der Waals surface area contributed by atoms with Crippen LogP contribution in [0.2, 0.25) is 0 Å². The maximum Gasteiger partial charge on any atom is 0.256 e. The maximum atomic E-state index is 12.5. The Morgan fingerprint density at radius 3 is 2.15 bits per heavy atom. The number of nitrogens with one attached hydrogen (secondary N) is 1. The van der Waals surface area contributed by atoms with Crippen molar-refractivity contribution in [3.8, 4) is 0 Å². The lowest BCUT2D eigenvalue weighted by Gasteiger charge is -2.13. The lowest BCUT2D eigenvalue weighted by molar-refractivity contribution is 0.102. The van der Waals surface area contributed by atoms with Gasteiger partial charge in [0.05, 0.1) is 0 Å². The summed E-state index contributed by atoms with van der Waals surface area (Å²) in [6, 6.07) is 9.65. The molecule has 0 aromatic heterocycles. The quantitative estimate of drug-likeness (QED) is 0.815. The van der Waals surface area contributed by atoms with Gasteiger partial charge in [-0.05, 0) is 62.1 Å². The number of carbonyl (C=O) groups is 1. The van der Waals surface area contributed by atoms with E-state index in [1.807, 2.05) is 58.0 Å². The van der Waals surface area contributed by atoms with Gasteiger partial charge in [-0.3, -0.25) is 4.79 Å². The highest BCUT2D eigenvalue weighted by Gasteiger charge is 2.13. The number of rotatable bonds is 2. The Labute approximate surface area is 119 Å². The predicted octanol–water partition coefficient (Wildman–Crippen LogP) is 3.75. The van der Waals surface area contributed by atoms with Crippen LogP contribution in [0, 0.1) is 27.7 Å². The van der Waals surface area contributed by atoms with Crippen LogP contribution in [0.15, 0.2) is 30.3 Å². The Balaban J connectivity index is 2.35. The summed E-state index contributed by atoms with van der Waals surface area (Å²) >= 11 is 0. The molecule has 2 aromatic carbocycles. The monoisotopic (exact) mass is 268 g/mol. The predicted molar refractivity (Wildman–Crippen MR) is 84.2 cm³/mol. The molecule has 0 bridgehead atoms. The van der Waals surface area contributed by atoms with E-state index in [0.717, 1.165) is 39.2 Å². The van der Waals surface area contributed by atoms with Gasteiger partial charge < -0.3 is 11.1 Å². The zero-order chi connectivity index (χ0) is 14.9. The number of nitrogen functional groups attached to an aromatic ring is 1. The first-order valence-electron chi connectivity index (χ1n) is 6.64. The molecule has 0 aliphatic carbocycles. The molecule has 0 spiro atoms. The highest BCUT2D eigenvalue weighted by Crippen LogP contribution is 2.23. The lowest BCUT2D eigenvalue weighted by atomic mass is 10.0. The molecule has 0 aliphatic heterocycles. The second kappa shape index (κ2) is 5.37. The number of carbonyl (C=O) groups excluding carboxylic acids is 1. The largest absolute Gasteiger partial charge is 0.399 e. The third kappa shape index (κ3) is 2.67. The van der Waals surface area contributed by atoms with Crippen LogP contribution in [-0.2, 0) is 0 Å². The van der Waals surface area contributed by atoms with E-state index in [-0.39, 0.29) is 5.91 Å². The normalized spacial score (nSPS) is 10.4. The SMILES string of the molecule is Cc1cc(NC(=O)c2c(C)cccc2C)c(C)cc1N. The van der Waals surface area contributed by atoms with E-state index < -0.39 is 0 Å². The summed E-state index contributed by atoms with van der Waals surface area (Å²) in [6.45, 7) is 7.77. The Kier molecular flexibility index (Phi) is 3.79.